The molecule has 0 saturated heterocycles. The van der Waals surface area contributed by atoms with E-state index in [-0.39, 0.29) is 18.0 Å². The van der Waals surface area contributed by atoms with Gasteiger partial charge in [0, 0.05) is 17.2 Å². The van der Waals surface area contributed by atoms with Gasteiger partial charge >= 0.3 is 5.97 Å². The van der Waals surface area contributed by atoms with E-state index >= 15 is 0 Å². The summed E-state index contributed by atoms with van der Waals surface area (Å²) in [5.74, 6) is -0.597. The summed E-state index contributed by atoms with van der Waals surface area (Å²) < 4.78 is 30.5. The molecular formula is C11H15BrN2O4S. The first kappa shape index (κ1) is 15.9. The fourth-order valence-corrected chi connectivity index (χ4v) is 3.53. The number of carbonyl (C=O) groups excluding carboxylic acids is 1. The summed E-state index contributed by atoms with van der Waals surface area (Å²) in [4.78, 5) is 11.4. The molecule has 6 nitrogen and oxygen atoms in total. The third kappa shape index (κ3) is 3.92. The Morgan fingerprint density at radius 3 is 2.63 bits per heavy atom. The van der Waals surface area contributed by atoms with E-state index in [1.54, 1.807) is 6.92 Å². The minimum atomic E-state index is -3.77. The van der Waals surface area contributed by atoms with Gasteiger partial charge in [0.05, 0.1) is 11.5 Å². The molecule has 8 heteroatoms. The minimum absolute atomic E-state index is 0.0495. The summed E-state index contributed by atoms with van der Waals surface area (Å²) in [7, 11) is -2.46. The first-order valence-corrected chi connectivity index (χ1v) is 7.69. The van der Waals surface area contributed by atoms with Crippen molar-refractivity contribution >= 4 is 37.6 Å². The predicted octanol–water partition coefficient (Wildman–Crippen LogP) is 1.21. The van der Waals surface area contributed by atoms with Gasteiger partial charge < -0.3 is 10.5 Å². The van der Waals surface area contributed by atoms with E-state index in [0.717, 1.165) is 4.31 Å². The molecule has 2 N–H and O–H groups in total. The highest BCUT2D eigenvalue weighted by molar-refractivity contribution is 9.10. The van der Waals surface area contributed by atoms with Crippen molar-refractivity contribution in [3.05, 3.63) is 22.7 Å². The zero-order valence-corrected chi connectivity index (χ0v) is 13.0. The quantitative estimate of drug-likeness (QED) is 0.636. The van der Waals surface area contributed by atoms with E-state index in [4.69, 9.17) is 10.5 Å². The van der Waals surface area contributed by atoms with Crippen molar-refractivity contribution in [2.75, 3.05) is 25.9 Å². The first-order valence-electron chi connectivity index (χ1n) is 5.46. The molecule has 0 aliphatic heterocycles. The number of hydrogen-bond acceptors (Lipinski definition) is 5. The number of nitrogens with zero attached hydrogens (tertiary/aromatic N) is 1. The second-order valence-electron chi connectivity index (χ2n) is 3.76. The lowest BCUT2D eigenvalue weighted by atomic mass is 10.3. The molecule has 106 valence electrons. The number of rotatable bonds is 5. The van der Waals surface area contributed by atoms with Gasteiger partial charge in [-0.1, -0.05) is 0 Å². The van der Waals surface area contributed by atoms with E-state index in [2.05, 4.69) is 15.9 Å². The van der Waals surface area contributed by atoms with Gasteiger partial charge in [0.25, 0.3) is 0 Å². The number of nitrogen functional groups attached to an aromatic ring is 1. The van der Waals surface area contributed by atoms with Crippen molar-refractivity contribution in [2.24, 2.45) is 0 Å². The fraction of sp³-hybridized carbons (Fsp3) is 0.364. The maximum Gasteiger partial charge on any atom is 0.321 e. The van der Waals surface area contributed by atoms with E-state index in [1.807, 2.05) is 0 Å². The number of nitrogens with two attached hydrogens (primary N) is 1. The molecule has 0 aliphatic carbocycles. The second kappa shape index (κ2) is 6.36. The average Bonchev–Trinajstić information content (AvgIpc) is 2.28. The molecule has 0 heterocycles. The standard InChI is InChI=1S/C11H15BrN2O4S/c1-3-18-11(15)7-14(2)19(16,17)10-5-4-8(13)6-9(10)12/h4-6H,3,7,13H2,1-2H3. The number of hydrogen-bond donors (Lipinski definition) is 1. The first-order chi connectivity index (χ1) is 8.78. The lowest BCUT2D eigenvalue weighted by molar-refractivity contribution is -0.143. The van der Waals surface area contributed by atoms with Crippen LogP contribution < -0.4 is 5.73 Å². The fourth-order valence-electron chi connectivity index (χ4n) is 1.37. The smallest absolute Gasteiger partial charge is 0.321 e. The number of sulfonamides is 1. The van der Waals surface area contributed by atoms with Crippen molar-refractivity contribution in [2.45, 2.75) is 11.8 Å². The topological polar surface area (TPSA) is 89.7 Å². The molecule has 0 radical (unpaired) electrons. The lowest BCUT2D eigenvalue weighted by Gasteiger charge is -2.17. The molecule has 0 aromatic heterocycles. The van der Waals surface area contributed by atoms with E-state index in [1.165, 1.54) is 25.2 Å². The number of benzene rings is 1. The van der Waals surface area contributed by atoms with Crippen LogP contribution in [0.5, 0.6) is 0 Å². The van der Waals surface area contributed by atoms with Gasteiger partial charge in [-0.15, -0.1) is 0 Å². The highest BCUT2D eigenvalue weighted by atomic mass is 79.9. The van der Waals surface area contributed by atoms with Crippen LogP contribution in [-0.4, -0.2) is 38.9 Å². The van der Waals surface area contributed by atoms with Crippen molar-refractivity contribution < 1.29 is 17.9 Å². The molecule has 0 spiro atoms. The Hall–Kier alpha value is -1.12. The Morgan fingerprint density at radius 2 is 2.11 bits per heavy atom. The van der Waals surface area contributed by atoms with Crippen LogP contribution in [0.1, 0.15) is 6.92 Å². The van der Waals surface area contributed by atoms with E-state index in [0.29, 0.717) is 10.2 Å². The van der Waals surface area contributed by atoms with Gasteiger partial charge in [-0.25, -0.2) is 8.42 Å². The van der Waals surface area contributed by atoms with Crippen LogP contribution in [0.4, 0.5) is 5.69 Å². The highest BCUT2D eigenvalue weighted by Crippen LogP contribution is 2.26. The zero-order valence-electron chi connectivity index (χ0n) is 10.6. The van der Waals surface area contributed by atoms with E-state index < -0.39 is 16.0 Å². The van der Waals surface area contributed by atoms with Gasteiger partial charge in [0.1, 0.15) is 6.54 Å². The second-order valence-corrected chi connectivity index (χ2v) is 6.62. The molecule has 0 amide bonds. The Bertz CT molecular complexity index is 574. The molecule has 1 aromatic rings. The largest absolute Gasteiger partial charge is 0.465 e. The van der Waals surface area contributed by atoms with Gasteiger partial charge in [-0.2, -0.15) is 4.31 Å². The molecule has 0 aliphatic rings. The Kier molecular flexibility index (Phi) is 5.33. The van der Waals surface area contributed by atoms with Crippen molar-refractivity contribution in [1.82, 2.24) is 4.31 Å². The van der Waals surface area contributed by atoms with Gasteiger partial charge in [0.15, 0.2) is 0 Å². The molecule has 0 unspecified atom stereocenters. The van der Waals surface area contributed by atoms with Crippen LogP contribution in [0.2, 0.25) is 0 Å². The van der Waals surface area contributed by atoms with Crippen molar-refractivity contribution in [3.8, 4) is 0 Å². The SMILES string of the molecule is CCOC(=O)CN(C)S(=O)(=O)c1ccc(N)cc1Br. The van der Waals surface area contributed by atoms with Crippen molar-refractivity contribution in [1.29, 1.82) is 0 Å². The molecule has 0 fully saturated rings. The maximum absolute atomic E-state index is 12.3. The Labute approximate surface area is 120 Å². The van der Waals surface area contributed by atoms with Gasteiger partial charge in [0.2, 0.25) is 10.0 Å². The number of carbonyl (C=O) groups is 1. The van der Waals surface area contributed by atoms with Crippen LogP contribution in [0, 0.1) is 0 Å². The van der Waals surface area contributed by atoms with Crippen LogP contribution >= 0.6 is 15.9 Å². The number of ether oxygens (including phenoxy) is 1. The molecule has 0 bridgehead atoms. The summed E-state index contributed by atoms with van der Waals surface area (Å²) >= 11 is 3.15. The maximum atomic E-state index is 12.3. The minimum Gasteiger partial charge on any atom is -0.465 e. The summed E-state index contributed by atoms with van der Waals surface area (Å²) in [5.41, 5.74) is 6.00. The highest BCUT2D eigenvalue weighted by Gasteiger charge is 2.25. The molecule has 1 aromatic carbocycles. The summed E-state index contributed by atoms with van der Waals surface area (Å²) in [6.45, 7) is 1.52. The van der Waals surface area contributed by atoms with Crippen LogP contribution in [0.25, 0.3) is 0 Å². The summed E-state index contributed by atoms with van der Waals surface area (Å²) in [5, 5.41) is 0. The number of halogens is 1. The molecule has 19 heavy (non-hydrogen) atoms. The monoisotopic (exact) mass is 350 g/mol. The Morgan fingerprint density at radius 1 is 1.47 bits per heavy atom. The van der Waals surface area contributed by atoms with Crippen molar-refractivity contribution in [3.63, 3.8) is 0 Å². The third-order valence-corrected chi connectivity index (χ3v) is 5.08. The summed E-state index contributed by atoms with van der Waals surface area (Å²) in [6.07, 6.45) is 0. The van der Waals surface area contributed by atoms with Crippen LogP contribution in [0.3, 0.4) is 0 Å². The molecule has 1 rings (SSSR count). The molecule has 0 saturated carbocycles. The zero-order chi connectivity index (χ0) is 14.6. The third-order valence-electron chi connectivity index (χ3n) is 2.30. The average molecular weight is 351 g/mol. The number of esters is 1. The van der Waals surface area contributed by atoms with Gasteiger partial charge in [-0.3, -0.25) is 4.79 Å². The van der Waals surface area contributed by atoms with Gasteiger partial charge in [-0.05, 0) is 41.1 Å². The van der Waals surface area contributed by atoms with E-state index in [9.17, 15) is 13.2 Å². The number of anilines is 1. The van der Waals surface area contributed by atoms with Crippen LogP contribution in [0.15, 0.2) is 27.6 Å². The molecule has 0 atom stereocenters. The Balaban J connectivity index is 3.00. The predicted molar refractivity (Wildman–Crippen MR) is 75.0 cm³/mol. The normalized spacial score (nSPS) is 11.6. The van der Waals surface area contributed by atoms with Crippen LogP contribution in [-0.2, 0) is 19.6 Å². The molecular weight excluding hydrogens is 336 g/mol. The number of likely N-dealkylation sites (N-methyl/N-ethyl adjacent to an activating group) is 1. The lowest BCUT2D eigenvalue weighted by Crippen LogP contribution is -2.33. The summed E-state index contributed by atoms with van der Waals surface area (Å²) in [6, 6.07) is 4.36.